The zero-order chi connectivity index (χ0) is 13.0. The summed E-state index contributed by atoms with van der Waals surface area (Å²) in [6.07, 6.45) is 7.07. The molecule has 1 aromatic rings. The molecule has 1 unspecified atom stereocenters. The Morgan fingerprint density at radius 2 is 1.83 bits per heavy atom. The molecule has 0 bridgehead atoms. The van der Waals surface area contributed by atoms with Crippen LogP contribution in [0.25, 0.3) is 0 Å². The lowest BCUT2D eigenvalue weighted by molar-refractivity contribution is 0.202. The third-order valence-electron chi connectivity index (χ3n) is 3.45. The van der Waals surface area contributed by atoms with Gasteiger partial charge >= 0.3 is 0 Å². The van der Waals surface area contributed by atoms with Crippen LogP contribution in [0.3, 0.4) is 0 Å². The maximum Gasteiger partial charge on any atom is 0.164 e. The fraction of sp³-hybridized carbons (Fsp3) is 0.467. The Morgan fingerprint density at radius 1 is 1.06 bits per heavy atom. The van der Waals surface area contributed by atoms with Crippen LogP contribution in [-0.4, -0.2) is 5.11 Å². The molecule has 3 heteroatoms. The first-order chi connectivity index (χ1) is 8.70. The van der Waals surface area contributed by atoms with E-state index >= 15 is 0 Å². The molecule has 0 aromatic heterocycles. The Kier molecular flexibility index (Phi) is 4.48. The molecular weight excluding hydrogens is 234 g/mol. The van der Waals surface area contributed by atoms with E-state index in [0.717, 1.165) is 43.7 Å². The van der Waals surface area contributed by atoms with Crippen LogP contribution in [-0.2, 0) is 0 Å². The summed E-state index contributed by atoms with van der Waals surface area (Å²) in [5.74, 6) is -1.84. The molecule has 0 saturated carbocycles. The predicted octanol–water partition coefficient (Wildman–Crippen LogP) is 4.28. The molecule has 0 spiro atoms. The Bertz CT molecular complexity index is 440. The Hall–Kier alpha value is -1.22. The molecule has 0 fully saturated rings. The van der Waals surface area contributed by atoms with Crippen molar-refractivity contribution in [1.29, 1.82) is 0 Å². The van der Waals surface area contributed by atoms with E-state index in [-0.39, 0.29) is 5.56 Å². The van der Waals surface area contributed by atoms with Crippen LogP contribution >= 0.6 is 0 Å². The molecular formula is C15H18F2O. The molecule has 1 aromatic carbocycles. The number of allylic oxidation sites excluding steroid dienone is 1. The van der Waals surface area contributed by atoms with Gasteiger partial charge in [0.15, 0.2) is 11.6 Å². The molecule has 1 aliphatic carbocycles. The minimum absolute atomic E-state index is 0.0434. The van der Waals surface area contributed by atoms with Crippen molar-refractivity contribution in [2.24, 2.45) is 0 Å². The van der Waals surface area contributed by atoms with Gasteiger partial charge in [0.2, 0.25) is 0 Å². The van der Waals surface area contributed by atoms with Crippen molar-refractivity contribution in [3.05, 3.63) is 47.0 Å². The monoisotopic (exact) mass is 252 g/mol. The molecule has 1 atom stereocenters. The van der Waals surface area contributed by atoms with Gasteiger partial charge < -0.3 is 5.11 Å². The standard InChI is InChI=1S/C15H18F2O/c16-13-10-6-9-12(14(13)17)15(18)11-7-4-2-1-3-5-8-11/h6-7,9-10,15,18H,1-5,8H2/b11-7+. The molecule has 1 aliphatic rings. The SMILES string of the molecule is OC(/C1=C/CCCCCC1)c1cccc(F)c1F. The second-order valence-electron chi connectivity index (χ2n) is 4.78. The number of hydrogen-bond donors (Lipinski definition) is 1. The predicted molar refractivity (Wildman–Crippen MR) is 67.1 cm³/mol. The van der Waals surface area contributed by atoms with E-state index in [9.17, 15) is 13.9 Å². The summed E-state index contributed by atoms with van der Waals surface area (Å²) >= 11 is 0. The van der Waals surface area contributed by atoms with Crippen LogP contribution in [0, 0.1) is 11.6 Å². The smallest absolute Gasteiger partial charge is 0.164 e. The van der Waals surface area contributed by atoms with Crippen molar-refractivity contribution in [1.82, 2.24) is 0 Å². The van der Waals surface area contributed by atoms with Gasteiger partial charge in [0, 0.05) is 5.56 Å². The normalized spacial score (nSPS) is 21.6. The third-order valence-corrected chi connectivity index (χ3v) is 3.45. The average molecular weight is 252 g/mol. The summed E-state index contributed by atoms with van der Waals surface area (Å²) in [6.45, 7) is 0. The van der Waals surface area contributed by atoms with Gasteiger partial charge in [0.25, 0.3) is 0 Å². The first kappa shape index (κ1) is 13.2. The van der Waals surface area contributed by atoms with Crippen molar-refractivity contribution in [3.63, 3.8) is 0 Å². The Morgan fingerprint density at radius 3 is 2.67 bits per heavy atom. The summed E-state index contributed by atoms with van der Waals surface area (Å²) in [7, 11) is 0. The van der Waals surface area contributed by atoms with Crippen LogP contribution in [0.5, 0.6) is 0 Å². The fourth-order valence-electron chi connectivity index (χ4n) is 2.40. The second kappa shape index (κ2) is 6.10. The van der Waals surface area contributed by atoms with E-state index in [2.05, 4.69) is 0 Å². The van der Waals surface area contributed by atoms with E-state index in [1.54, 1.807) is 0 Å². The zero-order valence-electron chi connectivity index (χ0n) is 10.3. The van der Waals surface area contributed by atoms with Crippen LogP contribution in [0.15, 0.2) is 29.8 Å². The van der Waals surface area contributed by atoms with Crippen molar-refractivity contribution < 1.29 is 13.9 Å². The van der Waals surface area contributed by atoms with Gasteiger partial charge in [-0.05, 0) is 37.3 Å². The summed E-state index contributed by atoms with van der Waals surface area (Å²) < 4.78 is 26.8. The molecule has 98 valence electrons. The van der Waals surface area contributed by atoms with Crippen molar-refractivity contribution in [2.75, 3.05) is 0 Å². The van der Waals surface area contributed by atoms with Crippen LogP contribution in [0.2, 0.25) is 0 Å². The molecule has 2 rings (SSSR count). The van der Waals surface area contributed by atoms with Crippen LogP contribution in [0.1, 0.15) is 50.2 Å². The van der Waals surface area contributed by atoms with Crippen molar-refractivity contribution in [2.45, 2.75) is 44.6 Å². The van der Waals surface area contributed by atoms with Gasteiger partial charge in [0.05, 0.1) is 0 Å². The second-order valence-corrected chi connectivity index (χ2v) is 4.78. The van der Waals surface area contributed by atoms with Crippen molar-refractivity contribution in [3.8, 4) is 0 Å². The number of benzene rings is 1. The van der Waals surface area contributed by atoms with Gasteiger partial charge in [-0.1, -0.05) is 31.1 Å². The Balaban J connectivity index is 2.23. The van der Waals surface area contributed by atoms with Gasteiger partial charge in [0.1, 0.15) is 6.10 Å². The molecule has 0 amide bonds. The molecule has 0 saturated heterocycles. The van der Waals surface area contributed by atoms with Crippen LogP contribution < -0.4 is 0 Å². The maximum absolute atomic E-state index is 13.6. The molecule has 18 heavy (non-hydrogen) atoms. The summed E-state index contributed by atoms with van der Waals surface area (Å²) in [5.41, 5.74) is 0.862. The minimum atomic E-state index is -1.02. The van der Waals surface area contributed by atoms with E-state index in [1.165, 1.54) is 18.6 Å². The quantitative estimate of drug-likeness (QED) is 0.779. The summed E-state index contributed by atoms with van der Waals surface area (Å²) in [6, 6.07) is 3.95. The fourth-order valence-corrected chi connectivity index (χ4v) is 2.40. The van der Waals surface area contributed by atoms with Gasteiger partial charge in [-0.3, -0.25) is 0 Å². The summed E-state index contributed by atoms with van der Waals surface area (Å²) in [5, 5.41) is 10.2. The summed E-state index contributed by atoms with van der Waals surface area (Å²) in [4.78, 5) is 0. The number of hydrogen-bond acceptors (Lipinski definition) is 1. The Labute approximate surface area is 106 Å². The average Bonchev–Trinajstić information content (AvgIpc) is 2.31. The molecule has 0 aliphatic heterocycles. The molecule has 0 radical (unpaired) electrons. The van der Waals surface area contributed by atoms with Gasteiger partial charge in [-0.2, -0.15) is 0 Å². The largest absolute Gasteiger partial charge is 0.384 e. The number of aliphatic hydroxyl groups excluding tert-OH is 1. The van der Waals surface area contributed by atoms with E-state index in [4.69, 9.17) is 0 Å². The first-order valence-electron chi connectivity index (χ1n) is 6.51. The number of halogens is 2. The molecule has 0 heterocycles. The van der Waals surface area contributed by atoms with E-state index in [0.29, 0.717) is 0 Å². The van der Waals surface area contributed by atoms with E-state index < -0.39 is 17.7 Å². The number of aliphatic hydroxyl groups is 1. The highest BCUT2D eigenvalue weighted by molar-refractivity contribution is 5.28. The zero-order valence-corrected chi connectivity index (χ0v) is 10.3. The molecule has 1 nitrogen and oxygen atoms in total. The maximum atomic E-state index is 13.6. The molecule has 1 N–H and O–H groups in total. The minimum Gasteiger partial charge on any atom is -0.384 e. The number of rotatable bonds is 2. The first-order valence-corrected chi connectivity index (χ1v) is 6.51. The van der Waals surface area contributed by atoms with Crippen molar-refractivity contribution >= 4 is 0 Å². The van der Waals surface area contributed by atoms with Gasteiger partial charge in [-0.15, -0.1) is 0 Å². The lowest BCUT2D eigenvalue weighted by atomic mass is 9.92. The lowest BCUT2D eigenvalue weighted by Crippen LogP contribution is -2.07. The highest BCUT2D eigenvalue weighted by Crippen LogP contribution is 2.30. The van der Waals surface area contributed by atoms with Crippen LogP contribution in [0.4, 0.5) is 8.78 Å². The highest BCUT2D eigenvalue weighted by atomic mass is 19.2. The highest BCUT2D eigenvalue weighted by Gasteiger charge is 2.19. The third kappa shape index (κ3) is 2.96. The van der Waals surface area contributed by atoms with E-state index in [1.807, 2.05) is 6.08 Å². The lowest BCUT2D eigenvalue weighted by Gasteiger charge is -2.18. The van der Waals surface area contributed by atoms with Gasteiger partial charge in [-0.25, -0.2) is 8.78 Å². The topological polar surface area (TPSA) is 20.2 Å².